The molecule has 4 aliphatic rings. The summed E-state index contributed by atoms with van der Waals surface area (Å²) in [5.74, 6) is 2.84. The van der Waals surface area contributed by atoms with Gasteiger partial charge in [0.25, 0.3) is 0 Å². The van der Waals surface area contributed by atoms with Gasteiger partial charge in [-0.15, -0.1) is 0 Å². The molecule has 0 aromatic rings. The molecule has 0 aromatic carbocycles. The second-order valence-corrected chi connectivity index (χ2v) is 13.0. The van der Waals surface area contributed by atoms with Gasteiger partial charge in [-0.25, -0.2) is 0 Å². The van der Waals surface area contributed by atoms with Gasteiger partial charge < -0.3 is 18.9 Å². The molecule has 2 heterocycles. The number of halogens is 6. The zero-order valence-corrected chi connectivity index (χ0v) is 25.0. The van der Waals surface area contributed by atoms with Gasteiger partial charge in [0.05, 0.1) is 26.4 Å². The Morgan fingerprint density at radius 1 is 0.537 bits per heavy atom. The fraction of sp³-hybridized carbons (Fsp3) is 1.00. The van der Waals surface area contributed by atoms with Gasteiger partial charge in [0.2, 0.25) is 0 Å². The van der Waals surface area contributed by atoms with E-state index in [4.69, 9.17) is 18.9 Å². The molecule has 0 spiro atoms. The van der Waals surface area contributed by atoms with Crippen LogP contribution in [-0.2, 0) is 18.9 Å². The Balaban J connectivity index is 0.000000226. The smallest absolute Gasteiger partial charge is 0.352 e. The van der Waals surface area contributed by atoms with Crippen molar-refractivity contribution in [2.24, 2.45) is 35.5 Å². The molecule has 2 saturated carbocycles. The topological polar surface area (TPSA) is 36.9 Å². The van der Waals surface area contributed by atoms with Gasteiger partial charge in [0, 0.05) is 36.5 Å². The predicted octanol–water partition coefficient (Wildman–Crippen LogP) is 9.46. The molecular formula is C31H52F6O4. The van der Waals surface area contributed by atoms with E-state index < -0.39 is 25.2 Å². The molecule has 4 nitrogen and oxygen atoms in total. The SMILES string of the molecule is CC1CCC([C@H]2OC[C@H](CCCC(F)(F)F)CO2)CC1.CCC1CCC([C@H]2OC[C@H](CCCC(F)(F)F)CO2)CC1. The number of hydrogen-bond donors (Lipinski definition) is 0. The first kappa shape index (κ1) is 34.9. The summed E-state index contributed by atoms with van der Waals surface area (Å²) in [5.41, 5.74) is 0. The summed E-state index contributed by atoms with van der Waals surface area (Å²) in [7, 11) is 0. The summed E-state index contributed by atoms with van der Waals surface area (Å²) in [6, 6.07) is 0. The van der Waals surface area contributed by atoms with E-state index in [0.29, 0.717) is 51.1 Å². The van der Waals surface area contributed by atoms with Crippen LogP contribution >= 0.6 is 0 Å². The van der Waals surface area contributed by atoms with Crippen molar-refractivity contribution in [3.8, 4) is 0 Å². The van der Waals surface area contributed by atoms with Crippen molar-refractivity contribution in [2.75, 3.05) is 26.4 Å². The largest absolute Gasteiger partial charge is 0.389 e. The van der Waals surface area contributed by atoms with Crippen molar-refractivity contribution >= 4 is 0 Å². The maximum Gasteiger partial charge on any atom is 0.389 e. The van der Waals surface area contributed by atoms with Gasteiger partial charge in [-0.3, -0.25) is 0 Å². The monoisotopic (exact) mass is 602 g/mol. The average molecular weight is 603 g/mol. The normalized spacial score (nSPS) is 35.4. The van der Waals surface area contributed by atoms with Crippen molar-refractivity contribution in [3.63, 3.8) is 0 Å². The first-order chi connectivity index (χ1) is 19.4. The zero-order chi connectivity index (χ0) is 29.9. The lowest BCUT2D eigenvalue weighted by molar-refractivity contribution is -0.230. The van der Waals surface area contributed by atoms with Crippen LogP contribution in [0.2, 0.25) is 0 Å². The molecule has 0 radical (unpaired) electrons. The Hall–Kier alpha value is -0.580. The molecule has 0 aromatic heterocycles. The van der Waals surface area contributed by atoms with Crippen molar-refractivity contribution in [1.29, 1.82) is 0 Å². The quantitative estimate of drug-likeness (QED) is 0.246. The molecule has 0 amide bonds. The van der Waals surface area contributed by atoms with Gasteiger partial charge in [0.15, 0.2) is 12.6 Å². The summed E-state index contributed by atoms with van der Waals surface area (Å²) >= 11 is 0. The van der Waals surface area contributed by atoms with E-state index in [1.807, 2.05) is 0 Å². The van der Waals surface area contributed by atoms with E-state index in [9.17, 15) is 26.3 Å². The second-order valence-electron chi connectivity index (χ2n) is 13.0. The van der Waals surface area contributed by atoms with Gasteiger partial charge in [-0.05, 0) is 63.2 Å². The maximum absolute atomic E-state index is 12.1. The number of ether oxygens (including phenoxy) is 4. The molecule has 2 saturated heterocycles. The van der Waals surface area contributed by atoms with Crippen molar-refractivity contribution < 1.29 is 45.3 Å². The van der Waals surface area contributed by atoms with Crippen molar-refractivity contribution in [2.45, 2.75) is 135 Å². The third kappa shape index (κ3) is 13.7. The van der Waals surface area contributed by atoms with E-state index in [1.165, 1.54) is 32.1 Å². The Kier molecular flexibility index (Phi) is 14.5. The van der Waals surface area contributed by atoms with Crippen LogP contribution in [0, 0.1) is 35.5 Å². The Morgan fingerprint density at radius 2 is 0.902 bits per heavy atom. The minimum Gasteiger partial charge on any atom is -0.352 e. The van der Waals surface area contributed by atoms with Crippen LogP contribution in [0.25, 0.3) is 0 Å². The number of alkyl halides is 6. The Bertz CT molecular complexity index is 686. The maximum atomic E-state index is 12.1. The Labute approximate surface area is 242 Å². The second kappa shape index (κ2) is 17.0. The molecule has 4 rings (SSSR count). The van der Waals surface area contributed by atoms with Crippen molar-refractivity contribution in [1.82, 2.24) is 0 Å². The highest BCUT2D eigenvalue weighted by Crippen LogP contribution is 2.36. The molecule has 242 valence electrons. The van der Waals surface area contributed by atoms with E-state index in [-0.39, 0.29) is 37.3 Å². The van der Waals surface area contributed by atoms with Crippen LogP contribution in [0.4, 0.5) is 26.3 Å². The van der Waals surface area contributed by atoms with Crippen LogP contribution in [0.3, 0.4) is 0 Å². The average Bonchev–Trinajstić information content (AvgIpc) is 2.93. The van der Waals surface area contributed by atoms with E-state index in [1.54, 1.807) is 0 Å². The summed E-state index contributed by atoms with van der Waals surface area (Å²) in [4.78, 5) is 0. The molecule has 2 aliphatic heterocycles. The standard InChI is InChI=1S/C16H27F3O2.C15H25F3O2/c1-2-12-5-7-14(8-6-12)15-20-10-13(11-21-15)4-3-9-16(17,18)19;1-11-4-6-13(7-5-11)14-19-9-12(10-20-14)3-2-8-15(16,17)18/h12-15H,2-11H2,1H3;11-14H,2-10H2,1H3/t12?,13-,14?,15-;11?,12-,13?,14-. The number of hydrogen-bond acceptors (Lipinski definition) is 4. The van der Waals surface area contributed by atoms with Gasteiger partial charge >= 0.3 is 12.4 Å². The lowest BCUT2D eigenvalue weighted by atomic mass is 9.80. The molecule has 0 unspecified atom stereocenters. The third-order valence-corrected chi connectivity index (χ3v) is 9.43. The molecule has 2 aliphatic carbocycles. The summed E-state index contributed by atoms with van der Waals surface area (Å²) in [6.07, 6.45) is 2.48. The lowest BCUT2D eigenvalue weighted by Crippen LogP contribution is -2.38. The van der Waals surface area contributed by atoms with E-state index >= 15 is 0 Å². The minimum absolute atomic E-state index is 0.121. The first-order valence-corrected chi connectivity index (χ1v) is 16.0. The highest BCUT2D eigenvalue weighted by molar-refractivity contribution is 4.77. The molecule has 0 N–H and O–H groups in total. The van der Waals surface area contributed by atoms with Crippen LogP contribution in [0.5, 0.6) is 0 Å². The van der Waals surface area contributed by atoms with Crippen LogP contribution in [-0.4, -0.2) is 51.4 Å². The zero-order valence-electron chi connectivity index (χ0n) is 25.0. The van der Waals surface area contributed by atoms with Gasteiger partial charge in [0.1, 0.15) is 0 Å². The van der Waals surface area contributed by atoms with Crippen molar-refractivity contribution in [3.05, 3.63) is 0 Å². The van der Waals surface area contributed by atoms with E-state index in [2.05, 4.69) is 13.8 Å². The molecular weight excluding hydrogens is 550 g/mol. The highest BCUT2D eigenvalue weighted by Gasteiger charge is 2.34. The molecule has 0 atom stereocenters. The Morgan fingerprint density at radius 3 is 1.24 bits per heavy atom. The van der Waals surface area contributed by atoms with Gasteiger partial charge in [-0.1, -0.05) is 46.0 Å². The fourth-order valence-corrected chi connectivity index (χ4v) is 6.60. The fourth-order valence-electron chi connectivity index (χ4n) is 6.60. The van der Waals surface area contributed by atoms with Crippen LogP contribution in [0.15, 0.2) is 0 Å². The van der Waals surface area contributed by atoms with Gasteiger partial charge in [-0.2, -0.15) is 26.3 Å². The number of rotatable bonds is 9. The summed E-state index contributed by atoms with van der Waals surface area (Å²) in [6.45, 7) is 6.72. The first-order valence-electron chi connectivity index (χ1n) is 16.0. The van der Waals surface area contributed by atoms with Crippen LogP contribution in [0.1, 0.15) is 110 Å². The molecule has 4 fully saturated rings. The highest BCUT2D eigenvalue weighted by atomic mass is 19.4. The predicted molar refractivity (Wildman–Crippen MR) is 145 cm³/mol. The molecule has 10 heteroatoms. The lowest BCUT2D eigenvalue weighted by Gasteiger charge is -2.37. The third-order valence-electron chi connectivity index (χ3n) is 9.43. The van der Waals surface area contributed by atoms with Crippen LogP contribution < -0.4 is 0 Å². The summed E-state index contributed by atoms with van der Waals surface area (Å²) in [5, 5.41) is 0. The minimum atomic E-state index is -4.04. The summed E-state index contributed by atoms with van der Waals surface area (Å²) < 4.78 is 95.6. The van der Waals surface area contributed by atoms with E-state index in [0.717, 1.165) is 37.5 Å². The molecule has 0 bridgehead atoms. The molecule has 41 heavy (non-hydrogen) atoms.